The van der Waals surface area contributed by atoms with Crippen LogP contribution in [0.5, 0.6) is 0 Å². The van der Waals surface area contributed by atoms with Crippen LogP contribution in [-0.4, -0.2) is 50.0 Å². The first-order valence-electron chi connectivity index (χ1n) is 11.9. The molecule has 0 radical (unpaired) electrons. The number of hydrogen-bond donors (Lipinski definition) is 1. The molecule has 2 aromatic carbocycles. The van der Waals surface area contributed by atoms with Gasteiger partial charge in [-0.3, -0.25) is 13.9 Å². The third-order valence-electron chi connectivity index (χ3n) is 6.35. The van der Waals surface area contributed by atoms with Gasteiger partial charge in [-0.05, 0) is 62.1 Å². The Morgan fingerprint density at radius 2 is 1.74 bits per heavy atom. The first kappa shape index (κ1) is 27.0. The van der Waals surface area contributed by atoms with Crippen molar-refractivity contribution in [2.24, 2.45) is 0 Å². The van der Waals surface area contributed by atoms with Crippen molar-refractivity contribution < 1.29 is 18.0 Å². The summed E-state index contributed by atoms with van der Waals surface area (Å²) in [6.45, 7) is 3.29. The lowest BCUT2D eigenvalue weighted by Gasteiger charge is -2.33. The standard InChI is InChI=1S/C26H34ClN3O4S/c1-19-8-7-11-24(16-19)30(35(3,33)34)18-25(31)29(17-21-12-14-22(27)15-13-21)20(2)26(32)28-23-9-5-4-6-10-23/h7-8,11-16,20,23H,4-6,9-10,17-18H2,1-3H3,(H,28,32)/t20-/m1/s1. The average molecular weight is 520 g/mol. The van der Waals surface area contributed by atoms with Crippen LogP contribution in [0, 0.1) is 6.92 Å². The van der Waals surface area contributed by atoms with E-state index in [9.17, 15) is 18.0 Å². The summed E-state index contributed by atoms with van der Waals surface area (Å²) >= 11 is 6.01. The lowest BCUT2D eigenvalue weighted by Crippen LogP contribution is -2.52. The second-order valence-electron chi connectivity index (χ2n) is 9.28. The second kappa shape index (κ2) is 11.9. The maximum absolute atomic E-state index is 13.6. The van der Waals surface area contributed by atoms with E-state index in [1.54, 1.807) is 49.4 Å². The van der Waals surface area contributed by atoms with Gasteiger partial charge in [-0.25, -0.2) is 8.42 Å². The Balaban J connectivity index is 1.86. The number of halogens is 1. The van der Waals surface area contributed by atoms with Gasteiger partial charge in [0.05, 0.1) is 11.9 Å². The third-order valence-corrected chi connectivity index (χ3v) is 7.75. The summed E-state index contributed by atoms with van der Waals surface area (Å²) in [7, 11) is -3.74. The van der Waals surface area contributed by atoms with Gasteiger partial charge >= 0.3 is 0 Å². The van der Waals surface area contributed by atoms with Crippen LogP contribution >= 0.6 is 11.6 Å². The molecule has 0 aromatic heterocycles. The number of carbonyl (C=O) groups excluding carboxylic acids is 2. The molecular formula is C26H34ClN3O4S. The quantitative estimate of drug-likeness (QED) is 0.535. The normalized spacial score (nSPS) is 15.3. The fourth-order valence-electron chi connectivity index (χ4n) is 4.33. The predicted molar refractivity (Wildman–Crippen MR) is 140 cm³/mol. The minimum atomic E-state index is -3.74. The Morgan fingerprint density at radius 3 is 2.34 bits per heavy atom. The molecule has 2 amide bonds. The minimum absolute atomic E-state index is 0.103. The first-order valence-corrected chi connectivity index (χ1v) is 14.2. The first-order chi connectivity index (χ1) is 16.5. The molecule has 0 aliphatic heterocycles. The van der Waals surface area contributed by atoms with Crippen LogP contribution in [0.25, 0.3) is 0 Å². The van der Waals surface area contributed by atoms with Gasteiger partial charge in [-0.2, -0.15) is 0 Å². The van der Waals surface area contributed by atoms with Gasteiger partial charge in [0.25, 0.3) is 0 Å². The zero-order valence-electron chi connectivity index (χ0n) is 20.5. The van der Waals surface area contributed by atoms with Crippen molar-refractivity contribution >= 4 is 39.1 Å². The molecule has 0 unspecified atom stereocenters. The minimum Gasteiger partial charge on any atom is -0.352 e. The van der Waals surface area contributed by atoms with Crippen LogP contribution in [0.1, 0.15) is 50.2 Å². The van der Waals surface area contributed by atoms with E-state index in [0.29, 0.717) is 10.7 Å². The molecule has 35 heavy (non-hydrogen) atoms. The van der Waals surface area contributed by atoms with E-state index >= 15 is 0 Å². The number of aryl methyl sites for hydroxylation is 1. The highest BCUT2D eigenvalue weighted by Gasteiger charge is 2.31. The number of hydrogen-bond acceptors (Lipinski definition) is 4. The van der Waals surface area contributed by atoms with Gasteiger partial charge in [0.2, 0.25) is 21.8 Å². The number of carbonyl (C=O) groups is 2. The summed E-state index contributed by atoms with van der Waals surface area (Å²) in [5, 5.41) is 3.65. The maximum atomic E-state index is 13.6. The summed E-state index contributed by atoms with van der Waals surface area (Å²) in [6.07, 6.45) is 6.26. The van der Waals surface area contributed by atoms with Gasteiger partial charge < -0.3 is 10.2 Å². The topological polar surface area (TPSA) is 86.8 Å². The predicted octanol–water partition coefficient (Wildman–Crippen LogP) is 4.28. The van der Waals surface area contributed by atoms with E-state index in [0.717, 1.165) is 47.4 Å². The molecule has 7 nitrogen and oxygen atoms in total. The number of rotatable bonds is 9. The fraction of sp³-hybridized carbons (Fsp3) is 0.462. The number of amides is 2. The third kappa shape index (κ3) is 7.70. The maximum Gasteiger partial charge on any atom is 0.244 e. The smallest absolute Gasteiger partial charge is 0.244 e. The zero-order chi connectivity index (χ0) is 25.6. The van der Waals surface area contributed by atoms with Gasteiger partial charge in [-0.1, -0.05) is 55.1 Å². The number of benzene rings is 2. The monoisotopic (exact) mass is 519 g/mol. The summed E-state index contributed by atoms with van der Waals surface area (Å²) in [5.41, 5.74) is 2.08. The summed E-state index contributed by atoms with van der Waals surface area (Å²) in [4.78, 5) is 28.2. The Hall–Kier alpha value is -2.58. The summed E-state index contributed by atoms with van der Waals surface area (Å²) in [6, 6.07) is 13.3. The molecule has 0 heterocycles. The van der Waals surface area contributed by atoms with Crippen molar-refractivity contribution in [3.63, 3.8) is 0 Å². The molecule has 0 saturated heterocycles. The van der Waals surface area contributed by atoms with Crippen molar-refractivity contribution in [1.82, 2.24) is 10.2 Å². The van der Waals surface area contributed by atoms with E-state index in [1.807, 2.05) is 13.0 Å². The van der Waals surface area contributed by atoms with Gasteiger partial charge in [0, 0.05) is 17.6 Å². The molecule has 3 rings (SSSR count). The molecule has 0 spiro atoms. The van der Waals surface area contributed by atoms with Crippen LogP contribution in [-0.2, 0) is 26.2 Å². The number of sulfonamides is 1. The largest absolute Gasteiger partial charge is 0.352 e. The van der Waals surface area contributed by atoms with Gasteiger partial charge in [0.15, 0.2) is 0 Å². The summed E-state index contributed by atoms with van der Waals surface area (Å²) < 4.78 is 26.3. The molecule has 190 valence electrons. The van der Waals surface area contributed by atoms with Crippen LogP contribution in [0.3, 0.4) is 0 Å². The van der Waals surface area contributed by atoms with E-state index in [1.165, 1.54) is 11.3 Å². The van der Waals surface area contributed by atoms with Crippen LogP contribution in [0.4, 0.5) is 5.69 Å². The lowest BCUT2D eigenvalue weighted by molar-refractivity contribution is -0.139. The highest BCUT2D eigenvalue weighted by molar-refractivity contribution is 7.92. The molecule has 1 fully saturated rings. The molecule has 1 N–H and O–H groups in total. The highest BCUT2D eigenvalue weighted by atomic mass is 35.5. The van der Waals surface area contributed by atoms with Crippen LogP contribution in [0.2, 0.25) is 5.02 Å². The summed E-state index contributed by atoms with van der Waals surface area (Å²) in [5.74, 6) is -0.696. The van der Waals surface area contributed by atoms with E-state index in [2.05, 4.69) is 5.32 Å². The average Bonchev–Trinajstić information content (AvgIpc) is 2.81. The van der Waals surface area contributed by atoms with E-state index in [-0.39, 0.29) is 18.5 Å². The molecule has 1 saturated carbocycles. The van der Waals surface area contributed by atoms with E-state index < -0.39 is 28.5 Å². The Morgan fingerprint density at radius 1 is 1.09 bits per heavy atom. The fourth-order valence-corrected chi connectivity index (χ4v) is 5.30. The van der Waals surface area contributed by atoms with Crippen molar-refractivity contribution in [3.8, 4) is 0 Å². The SMILES string of the molecule is Cc1cccc(N(CC(=O)N(Cc2ccc(Cl)cc2)[C@H](C)C(=O)NC2CCCCC2)S(C)(=O)=O)c1. The van der Waals surface area contributed by atoms with Crippen molar-refractivity contribution in [3.05, 3.63) is 64.7 Å². The molecule has 2 aromatic rings. The number of nitrogens with one attached hydrogen (secondary N) is 1. The van der Waals surface area contributed by atoms with Crippen LogP contribution < -0.4 is 9.62 Å². The molecule has 1 atom stereocenters. The molecule has 9 heteroatoms. The van der Waals surface area contributed by atoms with Crippen molar-refractivity contribution in [2.75, 3.05) is 17.1 Å². The zero-order valence-corrected chi connectivity index (χ0v) is 22.1. The van der Waals surface area contributed by atoms with E-state index in [4.69, 9.17) is 11.6 Å². The molecule has 1 aliphatic carbocycles. The van der Waals surface area contributed by atoms with Crippen molar-refractivity contribution in [1.29, 1.82) is 0 Å². The Bertz CT molecular complexity index is 1130. The molecule has 1 aliphatic rings. The lowest BCUT2D eigenvalue weighted by atomic mass is 9.95. The van der Waals surface area contributed by atoms with Crippen molar-refractivity contribution in [2.45, 2.75) is 64.6 Å². The Kier molecular flexibility index (Phi) is 9.19. The Labute approximate surface area is 213 Å². The van der Waals surface area contributed by atoms with Gasteiger partial charge in [0.1, 0.15) is 12.6 Å². The molecular weight excluding hydrogens is 486 g/mol. The van der Waals surface area contributed by atoms with Gasteiger partial charge in [-0.15, -0.1) is 0 Å². The second-order valence-corrected chi connectivity index (χ2v) is 11.6. The molecule has 0 bridgehead atoms. The number of anilines is 1. The highest BCUT2D eigenvalue weighted by Crippen LogP contribution is 2.21. The van der Waals surface area contributed by atoms with Crippen LogP contribution in [0.15, 0.2) is 48.5 Å². The number of nitrogens with zero attached hydrogens (tertiary/aromatic N) is 2.